The van der Waals surface area contributed by atoms with E-state index in [1.54, 1.807) is 0 Å². The smallest absolute Gasteiger partial charge is 0.188 e. The molecule has 0 rings (SSSR count). The fraction of sp³-hybridized carbons (Fsp3) is 0.875. The molecule has 0 radical (unpaired) electrons. The fourth-order valence-electron chi connectivity index (χ4n) is 0.938. The lowest BCUT2D eigenvalue weighted by Crippen LogP contribution is -2.38. The van der Waals surface area contributed by atoms with Gasteiger partial charge in [-0.2, -0.15) is 0 Å². The summed E-state index contributed by atoms with van der Waals surface area (Å²) in [6.45, 7) is 4.89. The van der Waals surface area contributed by atoms with Gasteiger partial charge < -0.3 is 16.2 Å². The van der Waals surface area contributed by atoms with Gasteiger partial charge in [-0.3, -0.25) is 4.99 Å². The van der Waals surface area contributed by atoms with Gasteiger partial charge in [0.2, 0.25) is 0 Å². The van der Waals surface area contributed by atoms with Gasteiger partial charge in [0.25, 0.3) is 0 Å². The van der Waals surface area contributed by atoms with Crippen LogP contribution in [0.1, 0.15) is 26.7 Å². The van der Waals surface area contributed by atoms with Crippen LogP contribution in [0.3, 0.4) is 0 Å². The number of nitrogens with two attached hydrogens (primary N) is 1. The normalized spacial score (nSPS) is 14.4. The average Bonchev–Trinajstić information content (AvgIpc) is 2.01. The van der Waals surface area contributed by atoms with Gasteiger partial charge in [-0.05, 0) is 26.7 Å². The quantitative estimate of drug-likeness (QED) is 0.407. The average molecular weight is 173 g/mol. The highest BCUT2D eigenvalue weighted by Gasteiger charge is 2.00. The Morgan fingerprint density at radius 2 is 2.33 bits per heavy atom. The summed E-state index contributed by atoms with van der Waals surface area (Å²) in [5.74, 6) is 0.489. The van der Waals surface area contributed by atoms with Crippen molar-refractivity contribution >= 4 is 5.96 Å². The van der Waals surface area contributed by atoms with Gasteiger partial charge in [0, 0.05) is 19.2 Å². The van der Waals surface area contributed by atoms with Gasteiger partial charge >= 0.3 is 0 Å². The van der Waals surface area contributed by atoms with Crippen molar-refractivity contribution in [3.05, 3.63) is 0 Å². The van der Waals surface area contributed by atoms with E-state index in [9.17, 15) is 0 Å². The predicted molar refractivity (Wildman–Crippen MR) is 51.1 cm³/mol. The van der Waals surface area contributed by atoms with E-state index in [1.807, 2.05) is 13.8 Å². The van der Waals surface area contributed by atoms with Crippen LogP contribution < -0.4 is 11.1 Å². The minimum atomic E-state index is 0.233. The van der Waals surface area contributed by atoms with Crippen molar-refractivity contribution < 1.29 is 5.11 Å². The molecule has 0 aromatic rings. The Balaban J connectivity index is 3.53. The van der Waals surface area contributed by atoms with Gasteiger partial charge in [-0.25, -0.2) is 0 Å². The Bertz CT molecular complexity index is 136. The second-order valence-electron chi connectivity index (χ2n) is 2.77. The summed E-state index contributed by atoms with van der Waals surface area (Å²) in [6, 6.07) is 0.285. The zero-order valence-electron chi connectivity index (χ0n) is 7.88. The Morgan fingerprint density at radius 1 is 1.67 bits per heavy atom. The van der Waals surface area contributed by atoms with E-state index in [-0.39, 0.29) is 12.6 Å². The molecule has 4 heteroatoms. The SMILES string of the molecule is CCN=C(N)NC(C)CCCO. The lowest BCUT2D eigenvalue weighted by Gasteiger charge is -2.13. The molecular weight excluding hydrogens is 154 g/mol. The summed E-state index contributed by atoms with van der Waals surface area (Å²) < 4.78 is 0. The second kappa shape index (κ2) is 6.91. The van der Waals surface area contributed by atoms with Crippen molar-refractivity contribution in [1.82, 2.24) is 5.32 Å². The first kappa shape index (κ1) is 11.2. The van der Waals surface area contributed by atoms with Crippen molar-refractivity contribution in [3.63, 3.8) is 0 Å². The Morgan fingerprint density at radius 3 is 2.83 bits per heavy atom. The van der Waals surface area contributed by atoms with Gasteiger partial charge in [0.1, 0.15) is 0 Å². The van der Waals surface area contributed by atoms with Crippen LogP contribution in [0, 0.1) is 0 Å². The molecule has 0 aliphatic carbocycles. The molecule has 0 spiro atoms. The number of aliphatic hydroxyl groups excluding tert-OH is 1. The van der Waals surface area contributed by atoms with Crippen molar-refractivity contribution in [3.8, 4) is 0 Å². The standard InChI is InChI=1S/C8H19N3O/c1-3-10-8(9)11-7(2)5-4-6-12/h7,12H,3-6H2,1-2H3,(H3,9,10,11). The van der Waals surface area contributed by atoms with Crippen LogP contribution in [0.15, 0.2) is 4.99 Å². The molecule has 0 aromatic carbocycles. The van der Waals surface area contributed by atoms with Crippen LogP contribution >= 0.6 is 0 Å². The molecule has 12 heavy (non-hydrogen) atoms. The number of rotatable bonds is 5. The van der Waals surface area contributed by atoms with Crippen molar-refractivity contribution in [2.45, 2.75) is 32.7 Å². The fourth-order valence-corrected chi connectivity index (χ4v) is 0.938. The number of nitrogens with one attached hydrogen (secondary N) is 1. The van der Waals surface area contributed by atoms with Crippen molar-refractivity contribution in [2.75, 3.05) is 13.2 Å². The minimum Gasteiger partial charge on any atom is -0.396 e. The number of aliphatic hydroxyl groups is 1. The van der Waals surface area contributed by atoms with Crippen molar-refractivity contribution in [1.29, 1.82) is 0 Å². The maximum atomic E-state index is 8.56. The lowest BCUT2D eigenvalue weighted by atomic mass is 10.2. The van der Waals surface area contributed by atoms with Crippen LogP contribution in [0.4, 0.5) is 0 Å². The molecule has 1 unspecified atom stereocenters. The number of hydrogen-bond acceptors (Lipinski definition) is 2. The minimum absolute atomic E-state index is 0.233. The molecule has 0 aliphatic rings. The zero-order chi connectivity index (χ0) is 9.40. The maximum Gasteiger partial charge on any atom is 0.188 e. The Hall–Kier alpha value is -0.770. The third-order valence-electron chi connectivity index (χ3n) is 1.52. The lowest BCUT2D eigenvalue weighted by molar-refractivity contribution is 0.279. The first-order valence-electron chi connectivity index (χ1n) is 4.38. The summed E-state index contributed by atoms with van der Waals surface area (Å²) in [7, 11) is 0. The molecule has 0 aromatic heterocycles. The van der Waals surface area contributed by atoms with Crippen LogP contribution in [-0.4, -0.2) is 30.3 Å². The van der Waals surface area contributed by atoms with E-state index < -0.39 is 0 Å². The van der Waals surface area contributed by atoms with Gasteiger partial charge in [0.15, 0.2) is 5.96 Å². The maximum absolute atomic E-state index is 8.56. The molecule has 0 aliphatic heterocycles. The number of aliphatic imine (C=N–C) groups is 1. The van der Waals surface area contributed by atoms with E-state index in [0.29, 0.717) is 12.5 Å². The van der Waals surface area contributed by atoms with E-state index in [1.165, 1.54) is 0 Å². The summed E-state index contributed by atoms with van der Waals surface area (Å²) in [6.07, 6.45) is 1.71. The van der Waals surface area contributed by atoms with E-state index >= 15 is 0 Å². The highest BCUT2D eigenvalue weighted by molar-refractivity contribution is 5.78. The van der Waals surface area contributed by atoms with Gasteiger partial charge in [-0.1, -0.05) is 0 Å². The molecule has 72 valence electrons. The van der Waals surface area contributed by atoms with E-state index in [2.05, 4.69) is 10.3 Å². The van der Waals surface area contributed by atoms with Crippen LogP contribution in [0.2, 0.25) is 0 Å². The van der Waals surface area contributed by atoms with Crippen molar-refractivity contribution in [2.24, 2.45) is 10.7 Å². The molecule has 0 bridgehead atoms. The largest absolute Gasteiger partial charge is 0.396 e. The highest BCUT2D eigenvalue weighted by Crippen LogP contribution is 1.93. The first-order chi connectivity index (χ1) is 5.70. The zero-order valence-corrected chi connectivity index (χ0v) is 7.88. The molecule has 0 heterocycles. The summed E-state index contributed by atoms with van der Waals surface area (Å²) >= 11 is 0. The Labute approximate surface area is 73.9 Å². The first-order valence-corrected chi connectivity index (χ1v) is 4.38. The molecule has 1 atom stereocenters. The second-order valence-corrected chi connectivity index (χ2v) is 2.77. The third kappa shape index (κ3) is 5.97. The van der Waals surface area contributed by atoms with Crippen LogP contribution in [-0.2, 0) is 0 Å². The van der Waals surface area contributed by atoms with E-state index in [4.69, 9.17) is 10.8 Å². The van der Waals surface area contributed by atoms with Crippen LogP contribution in [0.25, 0.3) is 0 Å². The summed E-state index contributed by atoms with van der Waals surface area (Å²) in [5, 5.41) is 11.6. The molecule has 0 amide bonds. The third-order valence-corrected chi connectivity index (χ3v) is 1.52. The monoisotopic (exact) mass is 173 g/mol. The molecule has 0 saturated carbocycles. The number of nitrogens with zero attached hydrogens (tertiary/aromatic N) is 1. The molecular formula is C8H19N3O. The molecule has 4 nitrogen and oxygen atoms in total. The number of guanidine groups is 1. The summed E-state index contributed by atoms with van der Waals surface area (Å²) in [4.78, 5) is 3.99. The Kier molecular flexibility index (Phi) is 6.47. The predicted octanol–water partition coefficient (Wildman–Crippen LogP) is 0.0716. The van der Waals surface area contributed by atoms with Crippen LogP contribution in [0.5, 0.6) is 0 Å². The van der Waals surface area contributed by atoms with E-state index in [0.717, 1.165) is 12.8 Å². The topological polar surface area (TPSA) is 70.6 Å². The van der Waals surface area contributed by atoms with Gasteiger partial charge in [0.05, 0.1) is 0 Å². The molecule has 0 saturated heterocycles. The highest BCUT2D eigenvalue weighted by atomic mass is 16.2. The van der Waals surface area contributed by atoms with Gasteiger partial charge in [-0.15, -0.1) is 0 Å². The molecule has 4 N–H and O–H groups in total. The summed E-state index contributed by atoms with van der Waals surface area (Å²) in [5.41, 5.74) is 5.53. The molecule has 0 fully saturated rings. The number of hydrogen-bond donors (Lipinski definition) is 3.